The molecule has 4 rings (SSSR count). The van der Waals surface area contributed by atoms with Crippen molar-refractivity contribution >= 4 is 11.0 Å². The van der Waals surface area contributed by atoms with Crippen LogP contribution in [-0.2, 0) is 0 Å². The van der Waals surface area contributed by atoms with Gasteiger partial charge < -0.3 is 13.7 Å². The molecule has 0 saturated carbocycles. The third kappa shape index (κ3) is 2.89. The van der Waals surface area contributed by atoms with Crippen molar-refractivity contribution in [2.24, 2.45) is 0 Å². The monoisotopic (exact) mass is 334 g/mol. The summed E-state index contributed by atoms with van der Waals surface area (Å²) >= 11 is 0. The molecular formula is C19H14N2O4. The largest absolute Gasteiger partial charge is 0.494 e. The number of hydrogen-bond acceptors (Lipinski definition) is 6. The first kappa shape index (κ1) is 15.1. The first-order valence-electron chi connectivity index (χ1n) is 7.85. The summed E-state index contributed by atoms with van der Waals surface area (Å²) in [6.45, 7) is 2.42. The minimum Gasteiger partial charge on any atom is -0.494 e. The fourth-order valence-corrected chi connectivity index (χ4v) is 2.61. The van der Waals surface area contributed by atoms with Gasteiger partial charge in [-0.15, -0.1) is 0 Å². The molecule has 0 N–H and O–H groups in total. The van der Waals surface area contributed by atoms with Crippen molar-refractivity contribution in [1.29, 1.82) is 0 Å². The quantitative estimate of drug-likeness (QED) is 0.527. The molecule has 25 heavy (non-hydrogen) atoms. The van der Waals surface area contributed by atoms with Crippen LogP contribution in [0.2, 0.25) is 0 Å². The van der Waals surface area contributed by atoms with Crippen molar-refractivity contribution in [3.63, 3.8) is 0 Å². The lowest BCUT2D eigenvalue weighted by atomic mass is 10.1. The Morgan fingerprint density at radius 3 is 2.72 bits per heavy atom. The van der Waals surface area contributed by atoms with E-state index in [1.54, 1.807) is 6.07 Å². The van der Waals surface area contributed by atoms with E-state index in [9.17, 15) is 4.79 Å². The molecule has 0 aliphatic rings. The minimum atomic E-state index is -0.490. The molecule has 0 saturated heterocycles. The average molecular weight is 334 g/mol. The fraction of sp³-hybridized carbons (Fsp3) is 0.105. The van der Waals surface area contributed by atoms with Crippen molar-refractivity contribution in [3.8, 4) is 28.6 Å². The molecule has 0 amide bonds. The van der Waals surface area contributed by atoms with E-state index in [0.29, 0.717) is 34.7 Å². The van der Waals surface area contributed by atoms with Crippen LogP contribution in [0.4, 0.5) is 0 Å². The van der Waals surface area contributed by atoms with E-state index in [-0.39, 0.29) is 5.89 Å². The fourth-order valence-electron chi connectivity index (χ4n) is 2.61. The first-order valence-corrected chi connectivity index (χ1v) is 7.85. The lowest BCUT2D eigenvalue weighted by molar-refractivity contribution is 0.340. The predicted octanol–water partition coefficient (Wildman–Crippen LogP) is 3.91. The second kappa shape index (κ2) is 6.24. The average Bonchev–Trinajstić information content (AvgIpc) is 3.12. The van der Waals surface area contributed by atoms with Gasteiger partial charge >= 0.3 is 5.63 Å². The van der Waals surface area contributed by atoms with Gasteiger partial charge in [0.1, 0.15) is 11.3 Å². The maximum Gasteiger partial charge on any atom is 0.337 e. The van der Waals surface area contributed by atoms with E-state index in [1.807, 2.05) is 49.4 Å². The number of nitrogens with zero attached hydrogens (tertiary/aromatic N) is 2. The Hall–Kier alpha value is -3.41. The second-order valence-electron chi connectivity index (χ2n) is 5.36. The molecule has 0 bridgehead atoms. The highest BCUT2D eigenvalue weighted by Gasteiger charge is 2.16. The van der Waals surface area contributed by atoms with Crippen LogP contribution in [0.25, 0.3) is 33.8 Å². The molecule has 6 nitrogen and oxygen atoms in total. The molecule has 6 heteroatoms. The van der Waals surface area contributed by atoms with Crippen molar-refractivity contribution in [3.05, 3.63) is 65.0 Å². The number of benzene rings is 2. The lowest BCUT2D eigenvalue weighted by Gasteiger charge is -2.05. The molecule has 124 valence electrons. The molecule has 0 aliphatic heterocycles. The third-order valence-electron chi connectivity index (χ3n) is 3.72. The van der Waals surface area contributed by atoms with Gasteiger partial charge in [0, 0.05) is 23.1 Å². The van der Waals surface area contributed by atoms with Gasteiger partial charge in [0.2, 0.25) is 5.82 Å². The van der Waals surface area contributed by atoms with Crippen LogP contribution in [0.1, 0.15) is 6.92 Å². The molecule has 0 atom stereocenters. The standard InChI is InChI=1S/C19H14N2O4/c1-2-23-13-8-9-14-15(11-17(22)24-16(14)10-13)19-20-18(21-25-19)12-6-4-3-5-7-12/h3-11H,2H2,1H3. The summed E-state index contributed by atoms with van der Waals surface area (Å²) in [6.07, 6.45) is 0. The maximum atomic E-state index is 11.9. The van der Waals surface area contributed by atoms with E-state index < -0.39 is 5.63 Å². The molecule has 0 spiro atoms. The number of rotatable bonds is 4. The highest BCUT2D eigenvalue weighted by Crippen LogP contribution is 2.30. The minimum absolute atomic E-state index is 0.265. The van der Waals surface area contributed by atoms with Crippen molar-refractivity contribution < 1.29 is 13.7 Å². The van der Waals surface area contributed by atoms with E-state index in [2.05, 4.69) is 10.1 Å². The van der Waals surface area contributed by atoms with Crippen molar-refractivity contribution in [2.45, 2.75) is 6.92 Å². The summed E-state index contributed by atoms with van der Waals surface area (Å²) in [5, 5.41) is 4.70. The zero-order valence-electron chi connectivity index (χ0n) is 13.4. The van der Waals surface area contributed by atoms with Crippen LogP contribution in [-0.4, -0.2) is 16.7 Å². The molecular weight excluding hydrogens is 320 g/mol. The zero-order chi connectivity index (χ0) is 17.2. The summed E-state index contributed by atoms with van der Waals surface area (Å²) in [6, 6.07) is 16.1. The smallest absolute Gasteiger partial charge is 0.337 e. The van der Waals surface area contributed by atoms with E-state index in [0.717, 1.165) is 5.56 Å². The summed E-state index contributed by atoms with van der Waals surface area (Å²) in [5.74, 6) is 1.36. The van der Waals surface area contributed by atoms with E-state index >= 15 is 0 Å². The highest BCUT2D eigenvalue weighted by molar-refractivity contribution is 5.91. The van der Waals surface area contributed by atoms with Gasteiger partial charge in [0.15, 0.2) is 0 Å². The molecule has 0 radical (unpaired) electrons. The second-order valence-corrected chi connectivity index (χ2v) is 5.36. The Bertz CT molecular complexity index is 1080. The molecule has 0 aliphatic carbocycles. The maximum absolute atomic E-state index is 11.9. The summed E-state index contributed by atoms with van der Waals surface area (Å²) in [5.41, 5.74) is 1.29. The first-order chi connectivity index (χ1) is 12.2. The molecule has 2 heterocycles. The van der Waals surface area contributed by atoms with Gasteiger partial charge in [-0.2, -0.15) is 4.98 Å². The Labute approximate surface area is 142 Å². The van der Waals surface area contributed by atoms with Crippen LogP contribution in [0.5, 0.6) is 5.75 Å². The van der Waals surface area contributed by atoms with E-state index in [1.165, 1.54) is 6.07 Å². The Morgan fingerprint density at radius 2 is 1.92 bits per heavy atom. The van der Waals surface area contributed by atoms with E-state index in [4.69, 9.17) is 13.7 Å². The molecule has 2 aromatic heterocycles. The number of hydrogen-bond donors (Lipinski definition) is 0. The number of ether oxygens (including phenoxy) is 1. The summed E-state index contributed by atoms with van der Waals surface area (Å²) < 4.78 is 16.1. The zero-order valence-corrected chi connectivity index (χ0v) is 13.4. The van der Waals surface area contributed by atoms with Crippen LogP contribution in [0, 0.1) is 0 Å². The molecule has 4 aromatic rings. The SMILES string of the molecule is CCOc1ccc2c(-c3nc(-c4ccccc4)no3)cc(=O)oc2c1. The summed E-state index contributed by atoms with van der Waals surface area (Å²) in [7, 11) is 0. The van der Waals surface area contributed by atoms with Gasteiger partial charge in [-0.25, -0.2) is 4.79 Å². The van der Waals surface area contributed by atoms with Crippen LogP contribution < -0.4 is 10.4 Å². The number of fused-ring (bicyclic) bond motifs is 1. The lowest BCUT2D eigenvalue weighted by Crippen LogP contribution is -1.99. The van der Waals surface area contributed by atoms with Crippen LogP contribution in [0.3, 0.4) is 0 Å². The molecule has 2 aromatic carbocycles. The topological polar surface area (TPSA) is 78.4 Å². The van der Waals surface area contributed by atoms with Gasteiger partial charge in [0.25, 0.3) is 5.89 Å². The van der Waals surface area contributed by atoms with Crippen LogP contribution >= 0.6 is 0 Å². The van der Waals surface area contributed by atoms with Crippen molar-refractivity contribution in [1.82, 2.24) is 10.1 Å². The van der Waals surface area contributed by atoms with Gasteiger partial charge in [-0.05, 0) is 19.1 Å². The Kier molecular flexibility index (Phi) is 3.78. The van der Waals surface area contributed by atoms with Crippen molar-refractivity contribution in [2.75, 3.05) is 6.61 Å². The van der Waals surface area contributed by atoms with Gasteiger partial charge in [0.05, 0.1) is 12.2 Å². The predicted molar refractivity (Wildman–Crippen MR) is 92.4 cm³/mol. The molecule has 0 unspecified atom stereocenters. The van der Waals surface area contributed by atoms with Crippen LogP contribution in [0.15, 0.2) is 68.3 Å². The van der Waals surface area contributed by atoms with Gasteiger partial charge in [-0.3, -0.25) is 0 Å². The Morgan fingerprint density at radius 1 is 1.08 bits per heavy atom. The third-order valence-corrected chi connectivity index (χ3v) is 3.72. The normalized spacial score (nSPS) is 10.9. The highest BCUT2D eigenvalue weighted by atomic mass is 16.5. The summed E-state index contributed by atoms with van der Waals surface area (Å²) in [4.78, 5) is 16.3. The molecule has 0 fully saturated rings. The van der Waals surface area contributed by atoms with Gasteiger partial charge in [-0.1, -0.05) is 35.5 Å². The Balaban J connectivity index is 1.84. The number of aromatic nitrogens is 2.